The lowest BCUT2D eigenvalue weighted by Crippen LogP contribution is -2.29. The highest BCUT2D eigenvalue weighted by molar-refractivity contribution is 9.10. The van der Waals surface area contributed by atoms with Crippen molar-refractivity contribution in [2.75, 3.05) is 5.32 Å². The Morgan fingerprint density at radius 1 is 1.13 bits per heavy atom. The highest BCUT2D eigenvalue weighted by atomic mass is 79.9. The molecule has 2 atom stereocenters. The van der Waals surface area contributed by atoms with Crippen LogP contribution >= 0.6 is 15.9 Å². The summed E-state index contributed by atoms with van der Waals surface area (Å²) in [6, 6.07) is 12.0. The van der Waals surface area contributed by atoms with Gasteiger partial charge in [0.1, 0.15) is 5.75 Å². The summed E-state index contributed by atoms with van der Waals surface area (Å²) in [4.78, 5) is 4.81. The Morgan fingerprint density at radius 2 is 1.84 bits per heavy atom. The molecule has 0 bridgehead atoms. The van der Waals surface area contributed by atoms with Crippen molar-refractivity contribution in [2.24, 2.45) is 11.3 Å². The molecule has 0 amide bonds. The van der Waals surface area contributed by atoms with Crippen LogP contribution in [0.15, 0.2) is 46.9 Å². The molecule has 1 N–H and O–H groups in total. The van der Waals surface area contributed by atoms with Crippen LogP contribution in [0.1, 0.15) is 46.1 Å². The van der Waals surface area contributed by atoms with E-state index in [2.05, 4.69) is 57.4 Å². The standard InChI is InChI=1S/C23H25BrF3N3O/c1-14-10-17(13-22(2,3)12-14)30-20-9-4-15(24)11-19(20)29-21(30)28-16-5-7-18(8-6-16)31-23(25,26)27/h4-9,11,14,17H,10,12-13H2,1-3H3,(H,28,29)/t14-,17+/m1/s1. The number of rotatable bonds is 4. The number of imidazole rings is 1. The van der Waals surface area contributed by atoms with E-state index in [0.717, 1.165) is 28.3 Å². The Balaban J connectivity index is 1.70. The van der Waals surface area contributed by atoms with Gasteiger partial charge in [-0.3, -0.25) is 0 Å². The van der Waals surface area contributed by atoms with Crippen molar-refractivity contribution in [3.05, 3.63) is 46.9 Å². The molecule has 4 nitrogen and oxygen atoms in total. The molecule has 1 aliphatic carbocycles. The van der Waals surface area contributed by atoms with Gasteiger partial charge >= 0.3 is 6.36 Å². The van der Waals surface area contributed by atoms with Gasteiger partial charge in [-0.25, -0.2) is 4.98 Å². The van der Waals surface area contributed by atoms with Gasteiger partial charge in [0.25, 0.3) is 0 Å². The molecule has 1 heterocycles. The zero-order chi connectivity index (χ0) is 22.4. The van der Waals surface area contributed by atoms with Crippen molar-refractivity contribution in [1.82, 2.24) is 9.55 Å². The molecule has 1 fully saturated rings. The third-order valence-corrected chi connectivity index (χ3v) is 6.22. The minimum Gasteiger partial charge on any atom is -0.406 e. The van der Waals surface area contributed by atoms with Crippen LogP contribution in [-0.4, -0.2) is 15.9 Å². The molecule has 2 aromatic carbocycles. The van der Waals surface area contributed by atoms with Crippen LogP contribution in [0.3, 0.4) is 0 Å². The van der Waals surface area contributed by atoms with E-state index >= 15 is 0 Å². The highest BCUT2D eigenvalue weighted by Crippen LogP contribution is 2.46. The van der Waals surface area contributed by atoms with E-state index in [1.807, 2.05) is 12.1 Å². The summed E-state index contributed by atoms with van der Waals surface area (Å²) < 4.78 is 44.5. The summed E-state index contributed by atoms with van der Waals surface area (Å²) in [5, 5.41) is 3.31. The van der Waals surface area contributed by atoms with Gasteiger partial charge in [0.2, 0.25) is 5.95 Å². The predicted molar refractivity (Wildman–Crippen MR) is 120 cm³/mol. The summed E-state index contributed by atoms with van der Waals surface area (Å²) in [7, 11) is 0. The van der Waals surface area contributed by atoms with Crippen LogP contribution in [0, 0.1) is 11.3 Å². The number of benzene rings is 2. The lowest BCUT2D eigenvalue weighted by Gasteiger charge is -2.40. The van der Waals surface area contributed by atoms with Gasteiger partial charge in [-0.05, 0) is 73.1 Å². The number of hydrogen-bond acceptors (Lipinski definition) is 3. The number of nitrogens with zero attached hydrogens (tertiary/aromatic N) is 2. The Bertz CT molecular complexity index is 1080. The number of alkyl halides is 3. The van der Waals surface area contributed by atoms with Crippen LogP contribution in [0.2, 0.25) is 0 Å². The number of fused-ring (bicyclic) bond motifs is 1. The summed E-state index contributed by atoms with van der Waals surface area (Å²) in [6.07, 6.45) is -1.43. The molecule has 1 aliphatic rings. The van der Waals surface area contributed by atoms with Gasteiger partial charge in [-0.1, -0.05) is 36.7 Å². The average molecular weight is 496 g/mol. The first-order chi connectivity index (χ1) is 14.5. The van der Waals surface area contributed by atoms with Gasteiger partial charge in [0.15, 0.2) is 0 Å². The molecular weight excluding hydrogens is 471 g/mol. The molecule has 1 aromatic heterocycles. The fourth-order valence-electron chi connectivity index (χ4n) is 4.89. The minimum absolute atomic E-state index is 0.224. The SMILES string of the molecule is C[C@@H]1C[C@H](n2c(Nc3ccc(OC(F)(F)F)cc3)nc3cc(Br)ccc32)CC(C)(C)C1. The Morgan fingerprint density at radius 3 is 2.48 bits per heavy atom. The largest absolute Gasteiger partial charge is 0.573 e. The van der Waals surface area contributed by atoms with E-state index in [0.29, 0.717) is 17.6 Å². The molecule has 166 valence electrons. The molecule has 3 aromatic rings. The first-order valence-corrected chi connectivity index (χ1v) is 11.1. The molecule has 4 rings (SSSR count). The third-order valence-electron chi connectivity index (χ3n) is 5.72. The summed E-state index contributed by atoms with van der Waals surface area (Å²) in [5.41, 5.74) is 2.78. The van der Waals surface area contributed by atoms with Crippen LogP contribution in [0.25, 0.3) is 11.0 Å². The molecule has 8 heteroatoms. The van der Waals surface area contributed by atoms with Crippen LogP contribution in [-0.2, 0) is 0 Å². The summed E-state index contributed by atoms with van der Waals surface area (Å²) in [6.45, 7) is 6.89. The molecule has 0 saturated heterocycles. The lowest BCUT2D eigenvalue weighted by molar-refractivity contribution is -0.274. The average Bonchev–Trinajstić information content (AvgIpc) is 2.97. The van der Waals surface area contributed by atoms with Crippen molar-refractivity contribution in [3.8, 4) is 5.75 Å². The first kappa shape index (κ1) is 22.0. The maximum Gasteiger partial charge on any atom is 0.573 e. The monoisotopic (exact) mass is 495 g/mol. The van der Waals surface area contributed by atoms with Crippen molar-refractivity contribution in [3.63, 3.8) is 0 Å². The Labute approximate surface area is 187 Å². The zero-order valence-corrected chi connectivity index (χ0v) is 19.2. The van der Waals surface area contributed by atoms with Gasteiger partial charge < -0.3 is 14.6 Å². The second kappa shape index (κ2) is 8.04. The number of nitrogens with one attached hydrogen (secondary N) is 1. The molecule has 0 spiro atoms. The van der Waals surface area contributed by atoms with Crippen molar-refractivity contribution < 1.29 is 17.9 Å². The highest BCUT2D eigenvalue weighted by Gasteiger charge is 2.35. The van der Waals surface area contributed by atoms with E-state index < -0.39 is 6.36 Å². The van der Waals surface area contributed by atoms with E-state index in [9.17, 15) is 13.2 Å². The molecular formula is C23H25BrF3N3O. The normalized spacial score (nSPS) is 21.3. The molecule has 1 saturated carbocycles. The quantitative estimate of drug-likeness (QED) is 0.400. The second-order valence-corrected chi connectivity index (χ2v) is 10.1. The van der Waals surface area contributed by atoms with E-state index in [-0.39, 0.29) is 17.2 Å². The minimum atomic E-state index is -4.71. The Hall–Kier alpha value is -2.22. The number of aromatic nitrogens is 2. The number of ether oxygens (including phenoxy) is 1. The molecule has 0 radical (unpaired) electrons. The number of halogens is 4. The summed E-state index contributed by atoms with van der Waals surface area (Å²) in [5.74, 6) is 1.03. The van der Waals surface area contributed by atoms with Crippen molar-refractivity contribution >= 4 is 38.6 Å². The predicted octanol–water partition coefficient (Wildman–Crippen LogP) is 7.83. The van der Waals surface area contributed by atoms with Gasteiger partial charge in [-0.15, -0.1) is 13.2 Å². The maximum atomic E-state index is 12.4. The number of anilines is 2. The fourth-order valence-corrected chi connectivity index (χ4v) is 5.24. The molecule has 0 unspecified atom stereocenters. The van der Waals surface area contributed by atoms with Gasteiger partial charge in [-0.2, -0.15) is 0 Å². The smallest absolute Gasteiger partial charge is 0.406 e. The Kier molecular flexibility index (Phi) is 5.70. The van der Waals surface area contributed by atoms with E-state index in [4.69, 9.17) is 4.98 Å². The van der Waals surface area contributed by atoms with Gasteiger partial charge in [0, 0.05) is 16.2 Å². The van der Waals surface area contributed by atoms with Gasteiger partial charge in [0.05, 0.1) is 11.0 Å². The molecule has 31 heavy (non-hydrogen) atoms. The van der Waals surface area contributed by atoms with Crippen molar-refractivity contribution in [1.29, 1.82) is 0 Å². The molecule has 0 aliphatic heterocycles. The maximum absolute atomic E-state index is 12.4. The topological polar surface area (TPSA) is 39.1 Å². The van der Waals surface area contributed by atoms with E-state index in [1.54, 1.807) is 12.1 Å². The van der Waals surface area contributed by atoms with Crippen LogP contribution in [0.5, 0.6) is 5.75 Å². The number of hydrogen-bond donors (Lipinski definition) is 1. The zero-order valence-electron chi connectivity index (χ0n) is 17.6. The summed E-state index contributed by atoms with van der Waals surface area (Å²) >= 11 is 3.51. The van der Waals surface area contributed by atoms with Crippen molar-refractivity contribution in [2.45, 2.75) is 52.4 Å². The second-order valence-electron chi connectivity index (χ2n) is 9.20. The van der Waals surface area contributed by atoms with Crippen LogP contribution < -0.4 is 10.1 Å². The third kappa shape index (κ3) is 5.17. The van der Waals surface area contributed by atoms with Crippen LogP contribution in [0.4, 0.5) is 24.8 Å². The van der Waals surface area contributed by atoms with E-state index in [1.165, 1.54) is 18.6 Å². The first-order valence-electron chi connectivity index (χ1n) is 10.3. The lowest BCUT2D eigenvalue weighted by atomic mass is 9.70. The fraction of sp³-hybridized carbons (Fsp3) is 0.435.